The fourth-order valence-corrected chi connectivity index (χ4v) is 11.0. The first kappa shape index (κ1) is 38.5. The normalized spacial score (nSPS) is 13.6. The number of benzene rings is 11. The van der Waals surface area contributed by atoms with Crippen molar-refractivity contribution in [2.75, 3.05) is 0 Å². The van der Waals surface area contributed by atoms with Crippen LogP contribution in [0.1, 0.15) is 29.0 Å². The van der Waals surface area contributed by atoms with Crippen molar-refractivity contribution in [3.05, 3.63) is 235 Å². The molecule has 0 amide bonds. The van der Waals surface area contributed by atoms with Crippen molar-refractivity contribution >= 4 is 65.0 Å². The Labute approximate surface area is 392 Å². The molecule has 0 aliphatic heterocycles. The maximum Gasteiger partial charge on any atom is 0.164 e. The minimum Gasteiger partial charge on any atom is -0.455 e. The summed E-state index contributed by atoms with van der Waals surface area (Å²) in [7, 11) is 0. The molecule has 0 saturated heterocycles. The highest BCUT2D eigenvalue weighted by molar-refractivity contribution is 6.19. The lowest BCUT2D eigenvalue weighted by Gasteiger charge is -2.20. The number of aryl methyl sites for hydroxylation is 1. The van der Waals surface area contributed by atoms with E-state index in [-0.39, 0.29) is 5.92 Å². The number of fused-ring (bicyclic) bond motifs is 12. The van der Waals surface area contributed by atoms with Gasteiger partial charge in [-0.1, -0.05) is 188 Å². The van der Waals surface area contributed by atoms with Crippen molar-refractivity contribution in [1.29, 1.82) is 0 Å². The smallest absolute Gasteiger partial charge is 0.164 e. The summed E-state index contributed by atoms with van der Waals surface area (Å²) in [5, 5.41) is 11.6. The van der Waals surface area contributed by atoms with Crippen LogP contribution in [0, 0.1) is 0 Å². The Kier molecular flexibility index (Phi) is 8.75. The Morgan fingerprint density at radius 3 is 1.79 bits per heavy atom. The molecule has 1 aliphatic rings. The van der Waals surface area contributed by atoms with Crippen molar-refractivity contribution in [2.24, 2.45) is 0 Å². The summed E-state index contributed by atoms with van der Waals surface area (Å²) in [5.74, 6) is 1.92. The average Bonchev–Trinajstić information content (AvgIpc) is 3.72. The molecule has 1 aliphatic carbocycles. The first-order valence-corrected chi connectivity index (χ1v) is 23.5. The van der Waals surface area contributed by atoms with Crippen LogP contribution in [-0.4, -0.2) is 15.0 Å². The molecule has 0 bridgehead atoms. The average molecular weight is 868 g/mol. The summed E-state index contributed by atoms with van der Waals surface area (Å²) in [5.41, 5.74) is 13.2. The van der Waals surface area contributed by atoms with E-state index < -0.39 is 0 Å². The zero-order chi connectivity index (χ0) is 44.7. The minimum atomic E-state index is 0.0800. The van der Waals surface area contributed by atoms with Crippen LogP contribution in [0.3, 0.4) is 0 Å². The standard InChI is InChI=1S/C64H41N3O/c1-2-12-39(13-3-1)40-22-25-43(26-23-40)62-65-63(48-30-32-51-46(35-48)27-24-41-14-6-8-18-50(41)51)67-64(66-62)58-37-49(38-59-60(58)56-33-28-42-15-7-9-19-53(42)61(56)68-59)52-31-29-47-34-44-16-4-5-17-45(44)36-57(47)55-21-11-10-20-54(52)55/h1-28,30,32-38,52H,29,31H2. The summed E-state index contributed by atoms with van der Waals surface area (Å²) in [6.45, 7) is 0. The van der Waals surface area contributed by atoms with Gasteiger partial charge in [-0.2, -0.15) is 0 Å². The predicted octanol–water partition coefficient (Wildman–Crippen LogP) is 16.8. The third kappa shape index (κ3) is 6.33. The van der Waals surface area contributed by atoms with Gasteiger partial charge in [0.25, 0.3) is 0 Å². The summed E-state index contributed by atoms with van der Waals surface area (Å²) in [6, 6.07) is 78.6. The van der Waals surface area contributed by atoms with Crippen LogP contribution in [0.25, 0.3) is 121 Å². The van der Waals surface area contributed by atoms with Crippen LogP contribution >= 0.6 is 0 Å². The quantitative estimate of drug-likeness (QED) is 0.162. The first-order chi connectivity index (χ1) is 33.7. The summed E-state index contributed by atoms with van der Waals surface area (Å²) in [4.78, 5) is 16.2. The van der Waals surface area contributed by atoms with Gasteiger partial charge in [-0.15, -0.1) is 0 Å². The second-order valence-corrected chi connectivity index (χ2v) is 18.2. The van der Waals surface area contributed by atoms with E-state index in [0.29, 0.717) is 17.5 Å². The van der Waals surface area contributed by atoms with Gasteiger partial charge >= 0.3 is 0 Å². The molecule has 4 nitrogen and oxygen atoms in total. The Morgan fingerprint density at radius 2 is 0.956 bits per heavy atom. The Hall–Kier alpha value is -8.73. The van der Waals surface area contributed by atoms with E-state index in [9.17, 15) is 0 Å². The Morgan fingerprint density at radius 1 is 0.368 bits per heavy atom. The van der Waals surface area contributed by atoms with Crippen molar-refractivity contribution in [1.82, 2.24) is 15.0 Å². The van der Waals surface area contributed by atoms with Crippen molar-refractivity contribution in [3.8, 4) is 56.4 Å². The van der Waals surface area contributed by atoms with Crippen molar-refractivity contribution in [3.63, 3.8) is 0 Å². The van der Waals surface area contributed by atoms with Gasteiger partial charge in [-0.05, 0) is 120 Å². The molecule has 0 fully saturated rings. The highest BCUT2D eigenvalue weighted by Crippen LogP contribution is 2.47. The van der Waals surface area contributed by atoms with Crippen LogP contribution in [0.15, 0.2) is 223 Å². The molecule has 68 heavy (non-hydrogen) atoms. The monoisotopic (exact) mass is 867 g/mol. The molecule has 14 rings (SSSR count). The fraction of sp³-hybridized carbons (Fsp3) is 0.0469. The van der Waals surface area contributed by atoms with Crippen LogP contribution < -0.4 is 0 Å². The summed E-state index contributed by atoms with van der Waals surface area (Å²) >= 11 is 0. The first-order valence-electron chi connectivity index (χ1n) is 23.5. The van der Waals surface area contributed by atoms with Gasteiger partial charge < -0.3 is 4.42 Å². The highest BCUT2D eigenvalue weighted by atomic mass is 16.3. The van der Waals surface area contributed by atoms with E-state index in [0.717, 1.165) is 78.8 Å². The Balaban J connectivity index is 1.01. The highest BCUT2D eigenvalue weighted by Gasteiger charge is 2.28. The second-order valence-electron chi connectivity index (χ2n) is 18.2. The van der Waals surface area contributed by atoms with Crippen LogP contribution in [0.5, 0.6) is 0 Å². The van der Waals surface area contributed by atoms with E-state index in [4.69, 9.17) is 19.4 Å². The minimum absolute atomic E-state index is 0.0800. The molecular weight excluding hydrogens is 827 g/mol. The molecule has 2 aromatic heterocycles. The molecule has 1 unspecified atom stereocenters. The van der Waals surface area contributed by atoms with Crippen molar-refractivity contribution < 1.29 is 4.42 Å². The molecule has 2 heterocycles. The van der Waals surface area contributed by atoms with Gasteiger partial charge in [0.05, 0.1) is 0 Å². The SMILES string of the molecule is c1ccc(-c2ccc(-c3nc(-c4ccc5c(ccc6ccccc65)c4)nc(-c4cc(C5CCc6cc7ccccc7cc6-c6ccccc65)cc5oc6c7ccccc7ccc6c45)n3)cc2)cc1. The van der Waals surface area contributed by atoms with E-state index in [2.05, 4.69) is 212 Å². The molecule has 0 radical (unpaired) electrons. The fourth-order valence-electron chi connectivity index (χ4n) is 11.0. The third-order valence-electron chi connectivity index (χ3n) is 14.3. The molecule has 0 N–H and O–H groups in total. The van der Waals surface area contributed by atoms with E-state index in [1.807, 2.05) is 6.07 Å². The number of aromatic nitrogens is 3. The topological polar surface area (TPSA) is 51.8 Å². The summed E-state index contributed by atoms with van der Waals surface area (Å²) < 4.78 is 7.09. The largest absolute Gasteiger partial charge is 0.455 e. The number of furan rings is 1. The van der Waals surface area contributed by atoms with Gasteiger partial charge in [0.15, 0.2) is 17.5 Å². The van der Waals surface area contributed by atoms with E-state index >= 15 is 0 Å². The number of hydrogen-bond donors (Lipinski definition) is 0. The van der Waals surface area contributed by atoms with Crippen LogP contribution in [-0.2, 0) is 6.42 Å². The summed E-state index contributed by atoms with van der Waals surface area (Å²) in [6.07, 6.45) is 1.87. The van der Waals surface area contributed by atoms with Crippen LogP contribution in [0.2, 0.25) is 0 Å². The molecule has 1 atom stereocenters. The zero-order valence-corrected chi connectivity index (χ0v) is 37.0. The van der Waals surface area contributed by atoms with Gasteiger partial charge in [-0.25, -0.2) is 15.0 Å². The third-order valence-corrected chi connectivity index (χ3v) is 14.3. The zero-order valence-electron chi connectivity index (χ0n) is 37.0. The van der Waals surface area contributed by atoms with Gasteiger partial charge in [-0.3, -0.25) is 0 Å². The molecule has 0 saturated carbocycles. The number of nitrogens with zero attached hydrogens (tertiary/aromatic N) is 3. The number of rotatable bonds is 5. The molecule has 4 heteroatoms. The van der Waals surface area contributed by atoms with Gasteiger partial charge in [0, 0.05) is 38.8 Å². The maximum atomic E-state index is 7.09. The second kappa shape index (κ2) is 15.4. The van der Waals surface area contributed by atoms with E-state index in [1.165, 1.54) is 54.7 Å². The predicted molar refractivity (Wildman–Crippen MR) is 281 cm³/mol. The molecule has 13 aromatic rings. The van der Waals surface area contributed by atoms with E-state index in [1.54, 1.807) is 0 Å². The molecule has 0 spiro atoms. The van der Waals surface area contributed by atoms with Crippen molar-refractivity contribution in [2.45, 2.75) is 18.8 Å². The lowest BCUT2D eigenvalue weighted by atomic mass is 9.84. The maximum absolute atomic E-state index is 7.09. The van der Waals surface area contributed by atoms with Gasteiger partial charge in [0.1, 0.15) is 11.2 Å². The number of hydrogen-bond acceptors (Lipinski definition) is 4. The lowest BCUT2D eigenvalue weighted by Crippen LogP contribution is -2.04. The van der Waals surface area contributed by atoms with Crippen LogP contribution in [0.4, 0.5) is 0 Å². The Bertz CT molecular complexity index is 4150. The molecule has 318 valence electrons. The van der Waals surface area contributed by atoms with Gasteiger partial charge in [0.2, 0.25) is 0 Å². The molecular formula is C64H41N3O. The lowest BCUT2D eigenvalue weighted by molar-refractivity contribution is 0.668. The molecule has 11 aromatic carbocycles.